The summed E-state index contributed by atoms with van der Waals surface area (Å²) in [5, 5.41) is 0.275. The van der Waals surface area contributed by atoms with Crippen molar-refractivity contribution < 1.29 is 9.59 Å². The number of Topliss-reactive ketones (excluding diaryl/α,β-unsaturated/α-hetero) is 2. The lowest BCUT2D eigenvalue weighted by molar-refractivity contribution is 0.101. The van der Waals surface area contributed by atoms with Gasteiger partial charge in [-0.2, -0.15) is 0 Å². The molecule has 0 spiro atoms. The van der Waals surface area contributed by atoms with Gasteiger partial charge >= 0.3 is 0 Å². The number of carbonyl (C=O) groups is 2. The van der Waals surface area contributed by atoms with Crippen molar-refractivity contribution in [3.05, 3.63) is 28.5 Å². The first-order valence-corrected chi connectivity index (χ1v) is 4.08. The summed E-state index contributed by atoms with van der Waals surface area (Å²) in [6.07, 6.45) is 0. The molecule has 0 atom stereocenters. The first-order chi connectivity index (χ1) is 6.02. The van der Waals surface area contributed by atoms with Gasteiger partial charge < -0.3 is 0 Å². The number of pyridine rings is 1. The Labute approximate surface area is 80.7 Å². The molecule has 0 fully saturated rings. The van der Waals surface area contributed by atoms with Crippen molar-refractivity contribution in [2.24, 2.45) is 0 Å². The summed E-state index contributed by atoms with van der Waals surface area (Å²) >= 11 is 5.70. The summed E-state index contributed by atoms with van der Waals surface area (Å²) in [4.78, 5) is 25.7. The Morgan fingerprint density at radius 1 is 1.23 bits per heavy atom. The molecule has 1 heterocycles. The van der Waals surface area contributed by atoms with E-state index in [2.05, 4.69) is 4.98 Å². The number of hydrogen-bond donors (Lipinski definition) is 0. The number of aromatic nitrogens is 1. The maximum atomic E-state index is 11.0. The van der Waals surface area contributed by atoms with Crippen LogP contribution in [0.4, 0.5) is 0 Å². The molecule has 4 heteroatoms. The molecule has 0 aliphatic heterocycles. The number of hydrogen-bond acceptors (Lipinski definition) is 3. The molecule has 0 aromatic carbocycles. The summed E-state index contributed by atoms with van der Waals surface area (Å²) in [5.41, 5.74) is 0.406. The van der Waals surface area contributed by atoms with Gasteiger partial charge in [-0.15, -0.1) is 0 Å². The highest BCUT2D eigenvalue weighted by atomic mass is 35.5. The lowest BCUT2D eigenvalue weighted by Crippen LogP contribution is -2.04. The highest BCUT2D eigenvalue weighted by Gasteiger charge is 2.10. The van der Waals surface area contributed by atoms with Crippen LogP contribution in [0.2, 0.25) is 5.02 Å². The van der Waals surface area contributed by atoms with Crippen molar-refractivity contribution in [1.82, 2.24) is 4.98 Å². The number of carbonyl (C=O) groups excluding carboxylic acids is 2. The first kappa shape index (κ1) is 9.86. The Morgan fingerprint density at radius 2 is 1.85 bits per heavy atom. The zero-order valence-corrected chi connectivity index (χ0v) is 8.05. The van der Waals surface area contributed by atoms with E-state index in [9.17, 15) is 9.59 Å². The molecule has 1 aromatic heterocycles. The van der Waals surface area contributed by atoms with Gasteiger partial charge in [0.15, 0.2) is 11.6 Å². The molecular weight excluding hydrogens is 190 g/mol. The third-order valence-electron chi connectivity index (χ3n) is 1.54. The second-order valence-electron chi connectivity index (χ2n) is 2.64. The minimum Gasteiger partial charge on any atom is -0.293 e. The monoisotopic (exact) mass is 197 g/mol. The van der Waals surface area contributed by atoms with Crippen LogP contribution in [0, 0.1) is 0 Å². The molecule has 1 rings (SSSR count). The van der Waals surface area contributed by atoms with Gasteiger partial charge in [0.05, 0.1) is 5.02 Å². The summed E-state index contributed by atoms with van der Waals surface area (Å²) in [6, 6.07) is 3.00. The number of halogens is 1. The van der Waals surface area contributed by atoms with Gasteiger partial charge in [0, 0.05) is 13.8 Å². The Balaban J connectivity index is 3.27. The predicted molar refractivity (Wildman–Crippen MR) is 49.3 cm³/mol. The van der Waals surface area contributed by atoms with Crippen LogP contribution in [0.3, 0.4) is 0 Å². The first-order valence-electron chi connectivity index (χ1n) is 3.71. The van der Waals surface area contributed by atoms with E-state index in [1.54, 1.807) is 0 Å². The van der Waals surface area contributed by atoms with Crippen molar-refractivity contribution in [2.45, 2.75) is 13.8 Å². The van der Waals surface area contributed by atoms with E-state index in [0.717, 1.165) is 0 Å². The van der Waals surface area contributed by atoms with Crippen molar-refractivity contribution in [1.29, 1.82) is 0 Å². The van der Waals surface area contributed by atoms with E-state index in [4.69, 9.17) is 11.6 Å². The summed E-state index contributed by atoms with van der Waals surface area (Å²) in [5.74, 6) is -0.424. The van der Waals surface area contributed by atoms with Crippen LogP contribution >= 0.6 is 11.6 Å². The van der Waals surface area contributed by atoms with Gasteiger partial charge in [0.2, 0.25) is 0 Å². The fourth-order valence-corrected chi connectivity index (χ4v) is 1.12. The van der Waals surface area contributed by atoms with Gasteiger partial charge in [-0.25, -0.2) is 4.98 Å². The van der Waals surface area contributed by atoms with Crippen LogP contribution in [0.15, 0.2) is 12.1 Å². The van der Waals surface area contributed by atoms with E-state index in [0.29, 0.717) is 0 Å². The molecule has 0 saturated heterocycles. The van der Waals surface area contributed by atoms with Crippen LogP contribution in [-0.4, -0.2) is 16.6 Å². The number of ketones is 2. The minimum atomic E-state index is -0.242. The average molecular weight is 198 g/mol. The third kappa shape index (κ3) is 2.12. The summed E-state index contributed by atoms with van der Waals surface area (Å²) < 4.78 is 0. The van der Waals surface area contributed by atoms with Crippen molar-refractivity contribution in [3.63, 3.8) is 0 Å². The molecule has 0 saturated carbocycles. The molecule has 0 amide bonds. The van der Waals surface area contributed by atoms with Crippen LogP contribution < -0.4 is 0 Å². The molecule has 3 nitrogen and oxygen atoms in total. The molecule has 1 aromatic rings. The smallest absolute Gasteiger partial charge is 0.179 e. The van der Waals surface area contributed by atoms with E-state index in [-0.39, 0.29) is 28.0 Å². The summed E-state index contributed by atoms with van der Waals surface area (Å²) in [7, 11) is 0. The molecule has 0 unspecified atom stereocenters. The maximum absolute atomic E-state index is 11.0. The van der Waals surface area contributed by atoms with E-state index in [1.165, 1.54) is 26.0 Å². The number of rotatable bonds is 2. The quantitative estimate of drug-likeness (QED) is 0.683. The largest absolute Gasteiger partial charge is 0.293 e. The van der Waals surface area contributed by atoms with Gasteiger partial charge in [-0.05, 0) is 12.1 Å². The van der Waals surface area contributed by atoms with Crippen LogP contribution in [0.5, 0.6) is 0 Å². The van der Waals surface area contributed by atoms with Crippen molar-refractivity contribution in [2.75, 3.05) is 0 Å². The topological polar surface area (TPSA) is 47.0 Å². The van der Waals surface area contributed by atoms with Gasteiger partial charge in [-0.3, -0.25) is 9.59 Å². The Morgan fingerprint density at radius 3 is 2.31 bits per heavy atom. The SMILES string of the molecule is CC(=O)c1ccc(Cl)c(C(C)=O)n1. The zero-order valence-electron chi connectivity index (χ0n) is 7.30. The second-order valence-corrected chi connectivity index (χ2v) is 3.05. The van der Waals surface area contributed by atoms with E-state index >= 15 is 0 Å². The highest BCUT2D eigenvalue weighted by molar-refractivity contribution is 6.33. The van der Waals surface area contributed by atoms with Gasteiger partial charge in [0.25, 0.3) is 0 Å². The molecule has 13 heavy (non-hydrogen) atoms. The molecule has 0 N–H and O–H groups in total. The molecule has 0 bridgehead atoms. The summed E-state index contributed by atoms with van der Waals surface area (Å²) in [6.45, 7) is 2.75. The molecule has 0 aliphatic rings. The van der Waals surface area contributed by atoms with E-state index < -0.39 is 0 Å². The lowest BCUT2D eigenvalue weighted by Gasteiger charge is -2.00. The molecule has 68 valence electrons. The standard InChI is InChI=1S/C9H8ClNO2/c1-5(12)8-4-3-7(10)9(11-8)6(2)13/h3-4H,1-2H3. The zero-order chi connectivity index (χ0) is 10.0. The van der Waals surface area contributed by atoms with Gasteiger partial charge in [-0.1, -0.05) is 11.6 Å². The van der Waals surface area contributed by atoms with Crippen LogP contribution in [0.25, 0.3) is 0 Å². The van der Waals surface area contributed by atoms with Crippen LogP contribution in [0.1, 0.15) is 34.8 Å². The molecule has 0 radical (unpaired) electrons. The predicted octanol–water partition coefficient (Wildman–Crippen LogP) is 2.14. The lowest BCUT2D eigenvalue weighted by atomic mass is 10.2. The van der Waals surface area contributed by atoms with Crippen molar-refractivity contribution >= 4 is 23.2 Å². The van der Waals surface area contributed by atoms with Gasteiger partial charge in [0.1, 0.15) is 11.4 Å². The Hall–Kier alpha value is -1.22. The van der Waals surface area contributed by atoms with Crippen molar-refractivity contribution in [3.8, 4) is 0 Å². The average Bonchev–Trinajstić information content (AvgIpc) is 2.04. The van der Waals surface area contributed by atoms with Crippen LogP contribution in [-0.2, 0) is 0 Å². The fourth-order valence-electron chi connectivity index (χ4n) is 0.885. The Bertz CT molecular complexity index is 374. The maximum Gasteiger partial charge on any atom is 0.179 e. The molecular formula is C9H8ClNO2. The fraction of sp³-hybridized carbons (Fsp3) is 0.222. The third-order valence-corrected chi connectivity index (χ3v) is 1.85. The second kappa shape index (κ2) is 3.66. The minimum absolute atomic E-state index is 0.148. The highest BCUT2D eigenvalue weighted by Crippen LogP contribution is 2.14. The molecule has 0 aliphatic carbocycles. The van der Waals surface area contributed by atoms with E-state index in [1.807, 2.05) is 0 Å². The Kier molecular flexibility index (Phi) is 2.78. The normalized spacial score (nSPS) is 9.77. The number of nitrogens with zero attached hydrogens (tertiary/aromatic N) is 1.